The number of carbonyl (C=O) groups excluding carboxylic acids is 3. The first-order chi connectivity index (χ1) is 17.2. The topological polar surface area (TPSA) is 201 Å². The lowest BCUT2D eigenvalue weighted by Crippen LogP contribution is -2.35. The average molecular weight is 610 g/mol. The normalized spacial score (nSPS) is 15.1. The largest absolute Gasteiger partial charge is 0.480 e. The van der Waals surface area contributed by atoms with Crippen LogP contribution in [-0.2, 0) is 40.1 Å². The standard InChI is InChI=1S/C17H16ClF3O6S.C3H8NO5P/c1-28(25,26)13-6-5-9(15(18)10(13)7-27-8-17(19,20)21)16(24)14-11(22)3-2-4-12(14)23;5-3(6)1-4-2-10(7,8)9/h5-6,14H,2-4,7-8H2,1H3;4H,1-2H2,(H,5,6)(H2,7,8,9). The van der Waals surface area contributed by atoms with Crippen molar-refractivity contribution in [2.24, 2.45) is 5.92 Å². The third-order valence-corrected chi connectivity index (χ3v) is 6.97. The molecule has 12 nitrogen and oxygen atoms in total. The van der Waals surface area contributed by atoms with Crippen molar-refractivity contribution in [2.45, 2.75) is 36.9 Å². The average Bonchev–Trinajstić information content (AvgIpc) is 2.72. The molecule has 0 aliphatic heterocycles. The van der Waals surface area contributed by atoms with Crippen LogP contribution in [0.2, 0.25) is 5.02 Å². The van der Waals surface area contributed by atoms with E-state index >= 15 is 0 Å². The van der Waals surface area contributed by atoms with Crippen LogP contribution in [0.3, 0.4) is 0 Å². The molecule has 38 heavy (non-hydrogen) atoms. The van der Waals surface area contributed by atoms with Crippen molar-refractivity contribution < 1.29 is 65.0 Å². The predicted molar refractivity (Wildman–Crippen MR) is 125 cm³/mol. The maximum Gasteiger partial charge on any atom is 0.411 e. The summed E-state index contributed by atoms with van der Waals surface area (Å²) in [6.07, 6.45) is -4.00. The number of carboxylic acid groups (broad SMARTS) is 1. The number of nitrogens with one attached hydrogen (secondary N) is 1. The summed E-state index contributed by atoms with van der Waals surface area (Å²) < 4.78 is 75.4. The molecule has 2 rings (SSSR count). The van der Waals surface area contributed by atoms with E-state index in [-0.39, 0.29) is 24.0 Å². The number of carbonyl (C=O) groups is 4. The summed E-state index contributed by atoms with van der Waals surface area (Å²) in [4.78, 5) is 62.4. The summed E-state index contributed by atoms with van der Waals surface area (Å²) in [6, 6.07) is 2.04. The quantitative estimate of drug-likeness (QED) is 0.170. The van der Waals surface area contributed by atoms with Crippen molar-refractivity contribution in [3.05, 3.63) is 28.3 Å². The van der Waals surface area contributed by atoms with Crippen LogP contribution in [0.15, 0.2) is 17.0 Å². The number of halogens is 4. The van der Waals surface area contributed by atoms with E-state index in [4.69, 9.17) is 26.5 Å². The van der Waals surface area contributed by atoms with Crippen molar-refractivity contribution in [1.82, 2.24) is 5.32 Å². The molecule has 0 radical (unpaired) electrons. The van der Waals surface area contributed by atoms with Crippen LogP contribution in [0, 0.1) is 5.92 Å². The van der Waals surface area contributed by atoms with Gasteiger partial charge in [-0.25, -0.2) is 8.42 Å². The molecule has 0 amide bonds. The van der Waals surface area contributed by atoms with Crippen molar-refractivity contribution in [1.29, 1.82) is 0 Å². The van der Waals surface area contributed by atoms with Crippen LogP contribution in [0.4, 0.5) is 13.2 Å². The molecule has 0 bridgehead atoms. The lowest BCUT2D eigenvalue weighted by molar-refractivity contribution is -0.176. The minimum Gasteiger partial charge on any atom is -0.480 e. The molecule has 0 heterocycles. The predicted octanol–water partition coefficient (Wildman–Crippen LogP) is 1.74. The Labute approximate surface area is 219 Å². The molecule has 0 aromatic heterocycles. The van der Waals surface area contributed by atoms with E-state index in [1.165, 1.54) is 0 Å². The molecular formula is C20H24ClF3NO11PS. The number of sulfone groups is 1. The van der Waals surface area contributed by atoms with Crippen LogP contribution in [0.1, 0.15) is 35.2 Å². The first-order valence-corrected chi connectivity index (χ1v) is 14.5. The van der Waals surface area contributed by atoms with Gasteiger partial charge in [0.1, 0.15) is 12.5 Å². The highest BCUT2D eigenvalue weighted by Crippen LogP contribution is 2.33. The molecule has 1 aromatic rings. The minimum atomic E-state index is -4.65. The number of aliphatic carboxylic acids is 1. The van der Waals surface area contributed by atoms with Crippen molar-refractivity contribution in [2.75, 3.05) is 25.7 Å². The Morgan fingerprint density at radius 1 is 1.18 bits per heavy atom. The number of ether oxygens (including phenoxy) is 1. The monoisotopic (exact) mass is 609 g/mol. The van der Waals surface area contributed by atoms with Crippen molar-refractivity contribution in [3.8, 4) is 0 Å². The molecule has 1 saturated carbocycles. The van der Waals surface area contributed by atoms with Gasteiger partial charge in [-0.1, -0.05) is 11.6 Å². The van der Waals surface area contributed by atoms with Gasteiger partial charge in [0.25, 0.3) is 0 Å². The summed E-state index contributed by atoms with van der Waals surface area (Å²) in [5.41, 5.74) is -0.650. The number of hydrogen-bond acceptors (Lipinski definition) is 9. The van der Waals surface area contributed by atoms with Crippen LogP contribution in [0.25, 0.3) is 0 Å². The second kappa shape index (κ2) is 13.7. The summed E-state index contributed by atoms with van der Waals surface area (Å²) in [5.74, 6) is -4.73. The molecule has 1 aliphatic rings. The summed E-state index contributed by atoms with van der Waals surface area (Å²) in [6.45, 7) is -2.91. The van der Waals surface area contributed by atoms with Gasteiger partial charge in [0, 0.05) is 30.2 Å². The van der Waals surface area contributed by atoms with Crippen LogP contribution in [-0.4, -0.2) is 78.5 Å². The fraction of sp³-hybridized carbons (Fsp3) is 0.500. The van der Waals surface area contributed by atoms with Crippen LogP contribution < -0.4 is 5.32 Å². The molecule has 0 atom stereocenters. The minimum absolute atomic E-state index is 0.0444. The van der Waals surface area contributed by atoms with E-state index in [9.17, 15) is 45.3 Å². The van der Waals surface area contributed by atoms with E-state index in [1.54, 1.807) is 0 Å². The van der Waals surface area contributed by atoms with Gasteiger partial charge in [-0.3, -0.25) is 29.1 Å². The summed E-state index contributed by atoms with van der Waals surface area (Å²) in [5, 5.41) is 9.60. The first-order valence-electron chi connectivity index (χ1n) is 10.5. The molecule has 18 heteroatoms. The zero-order valence-electron chi connectivity index (χ0n) is 19.7. The number of alkyl halides is 3. The van der Waals surface area contributed by atoms with Crippen LogP contribution >= 0.6 is 19.2 Å². The zero-order valence-corrected chi connectivity index (χ0v) is 22.1. The number of Topliss-reactive ketones (excluding diaryl/α,β-unsaturated/α-hetero) is 3. The summed E-state index contributed by atoms with van der Waals surface area (Å²) in [7, 11) is -8.00. The maximum atomic E-state index is 12.7. The van der Waals surface area contributed by atoms with Gasteiger partial charge < -0.3 is 19.6 Å². The number of carboxylic acids is 1. The first kappa shape index (κ1) is 33.8. The smallest absolute Gasteiger partial charge is 0.411 e. The molecule has 0 saturated heterocycles. The number of benzene rings is 1. The molecule has 214 valence electrons. The Kier molecular flexibility index (Phi) is 12.2. The highest BCUT2D eigenvalue weighted by molar-refractivity contribution is 7.90. The highest BCUT2D eigenvalue weighted by Gasteiger charge is 2.38. The Bertz CT molecular complexity index is 1220. The van der Waals surface area contributed by atoms with Crippen molar-refractivity contribution >= 4 is 52.4 Å². The molecule has 0 unspecified atom stereocenters. The van der Waals surface area contributed by atoms with Crippen molar-refractivity contribution in [3.63, 3.8) is 0 Å². The molecule has 1 aliphatic carbocycles. The molecular weight excluding hydrogens is 586 g/mol. The molecule has 1 fully saturated rings. The second-order valence-electron chi connectivity index (χ2n) is 8.01. The second-order valence-corrected chi connectivity index (χ2v) is 12.0. The third-order valence-electron chi connectivity index (χ3n) is 4.72. The fourth-order valence-electron chi connectivity index (χ4n) is 3.21. The Morgan fingerprint density at radius 2 is 1.74 bits per heavy atom. The van der Waals surface area contributed by atoms with Gasteiger partial charge in [0.2, 0.25) is 0 Å². The van der Waals surface area contributed by atoms with E-state index in [1.807, 2.05) is 0 Å². The number of hydrogen-bond donors (Lipinski definition) is 4. The van der Waals surface area contributed by atoms with Gasteiger partial charge in [-0.15, -0.1) is 0 Å². The molecule has 1 aromatic carbocycles. The highest BCUT2D eigenvalue weighted by atomic mass is 35.5. The number of ketones is 3. The zero-order chi connectivity index (χ0) is 29.5. The van der Waals surface area contributed by atoms with E-state index in [2.05, 4.69) is 10.1 Å². The lowest BCUT2D eigenvalue weighted by atomic mass is 9.81. The van der Waals surface area contributed by atoms with Crippen LogP contribution in [0.5, 0.6) is 0 Å². The maximum absolute atomic E-state index is 12.7. The number of rotatable bonds is 10. The van der Waals surface area contributed by atoms with Gasteiger partial charge in [-0.05, 0) is 18.6 Å². The summed E-state index contributed by atoms with van der Waals surface area (Å²) >= 11 is 6.11. The lowest BCUT2D eigenvalue weighted by Gasteiger charge is -2.20. The Hall–Kier alpha value is -2.20. The fourth-order valence-corrected chi connectivity index (χ4v) is 4.90. The van der Waals surface area contributed by atoms with E-state index in [0.717, 1.165) is 18.4 Å². The van der Waals surface area contributed by atoms with Gasteiger partial charge in [0.15, 0.2) is 27.2 Å². The Morgan fingerprint density at radius 3 is 2.18 bits per heavy atom. The molecule has 0 spiro atoms. The molecule has 4 N–H and O–H groups in total. The van der Waals surface area contributed by atoms with Gasteiger partial charge >= 0.3 is 19.7 Å². The third kappa shape index (κ3) is 11.3. The van der Waals surface area contributed by atoms with E-state index < -0.39 is 88.8 Å². The SMILES string of the molecule is CS(=O)(=O)c1ccc(C(=O)C2C(=O)CCCC2=O)c(Cl)c1COCC(F)(F)F.O=C(O)CNCP(=O)(O)O. The van der Waals surface area contributed by atoms with Gasteiger partial charge in [-0.2, -0.15) is 13.2 Å². The Balaban J connectivity index is 0.000000612. The van der Waals surface area contributed by atoms with Gasteiger partial charge in [0.05, 0.1) is 29.4 Å². The van der Waals surface area contributed by atoms with E-state index in [0.29, 0.717) is 6.42 Å².